The van der Waals surface area contributed by atoms with Gasteiger partial charge in [0.25, 0.3) is 10.0 Å². The molecule has 8 aromatic rings. The summed E-state index contributed by atoms with van der Waals surface area (Å²) in [6.45, 7) is 4.97. The highest BCUT2D eigenvalue weighted by Crippen LogP contribution is 2.41. The lowest BCUT2D eigenvalue weighted by molar-refractivity contribution is -0.141. The summed E-state index contributed by atoms with van der Waals surface area (Å²) < 4.78 is 91.6. The largest absolute Gasteiger partial charge is 0.478 e. The Hall–Kier alpha value is -7.83. The quantitative estimate of drug-likeness (QED) is 0.0757. The molecule has 0 aliphatic carbocycles. The summed E-state index contributed by atoms with van der Waals surface area (Å²) in [4.78, 5) is 52.5. The zero-order valence-corrected chi connectivity index (χ0v) is 46.0. The smallest absolute Gasteiger partial charge is 0.434 e. The van der Waals surface area contributed by atoms with E-state index in [2.05, 4.69) is 30.2 Å². The topological polar surface area (TPSA) is 254 Å². The van der Waals surface area contributed by atoms with Crippen LogP contribution < -0.4 is 18.7 Å². The SMILES string of the molecule is CC(C)c1onc(-c2c(Cl)cccc2Cl)c1COc1ccc(C(=O)Cc2cncc(C(=O)O)c2)c(C(F)(F)F)n1.Cc1nc(OCc2c(N(C)C)noc2-c2c(Cl)cccc2Cl)ncc1N(C)S(=O)(=O)c1ccc(C(=O)O)cc1. The molecular formula is C52H43Cl4F3N8O11S. The molecule has 3 aromatic carbocycles. The molecular weight excluding hydrogens is 1140 g/mol. The van der Waals surface area contributed by atoms with Crippen molar-refractivity contribution in [1.82, 2.24) is 30.2 Å². The van der Waals surface area contributed by atoms with Crippen LogP contribution in [0.2, 0.25) is 20.1 Å². The van der Waals surface area contributed by atoms with Gasteiger partial charge in [-0.05, 0) is 73.2 Å². The normalized spacial score (nSPS) is 11.5. The van der Waals surface area contributed by atoms with E-state index >= 15 is 0 Å². The number of halogens is 7. The Kier molecular flexibility index (Phi) is 18.2. The molecule has 0 radical (unpaired) electrons. The van der Waals surface area contributed by atoms with Crippen LogP contribution in [0.5, 0.6) is 11.9 Å². The van der Waals surface area contributed by atoms with E-state index in [1.165, 1.54) is 49.8 Å². The van der Waals surface area contributed by atoms with Crippen molar-refractivity contribution in [3.63, 3.8) is 0 Å². The lowest BCUT2D eigenvalue weighted by atomic mass is 10.0. The van der Waals surface area contributed by atoms with E-state index in [0.717, 1.165) is 22.6 Å². The maximum Gasteiger partial charge on any atom is 0.434 e. The van der Waals surface area contributed by atoms with Crippen LogP contribution in [0.3, 0.4) is 0 Å². The predicted molar refractivity (Wildman–Crippen MR) is 285 cm³/mol. The first-order chi connectivity index (χ1) is 37.3. The second-order valence-electron chi connectivity index (χ2n) is 17.5. The number of carbonyl (C=O) groups excluding carboxylic acids is 1. The maximum absolute atomic E-state index is 13.9. The summed E-state index contributed by atoms with van der Waals surface area (Å²) in [6, 6.07) is 18.1. The zero-order chi connectivity index (χ0) is 57.7. The van der Waals surface area contributed by atoms with Gasteiger partial charge in [0.05, 0.1) is 70.4 Å². The van der Waals surface area contributed by atoms with Crippen molar-refractivity contribution >= 4 is 85.7 Å². The van der Waals surface area contributed by atoms with Gasteiger partial charge in [-0.2, -0.15) is 18.2 Å². The third kappa shape index (κ3) is 13.4. The van der Waals surface area contributed by atoms with Crippen LogP contribution in [0.15, 0.2) is 111 Å². The number of nitrogens with zero attached hydrogens (tertiary/aromatic N) is 8. The van der Waals surface area contributed by atoms with E-state index in [1.807, 2.05) is 13.8 Å². The maximum atomic E-state index is 13.9. The first-order valence-corrected chi connectivity index (χ1v) is 26.0. The Morgan fingerprint density at radius 2 is 1.35 bits per heavy atom. The van der Waals surface area contributed by atoms with Gasteiger partial charge in [-0.25, -0.2) is 28.0 Å². The number of carboxylic acids is 2. The van der Waals surface area contributed by atoms with Crippen molar-refractivity contribution in [3.8, 4) is 34.5 Å². The summed E-state index contributed by atoms with van der Waals surface area (Å²) in [5.74, 6) is -2.66. The number of carboxylic acid groups (broad SMARTS) is 2. The second kappa shape index (κ2) is 24.5. The molecule has 0 atom stereocenters. The molecule has 0 fully saturated rings. The Balaban J connectivity index is 0.000000229. The first kappa shape index (κ1) is 58.8. The number of alkyl halides is 3. The third-order valence-corrected chi connectivity index (χ3v) is 14.6. The Labute approximate surface area is 468 Å². The lowest BCUT2D eigenvalue weighted by Crippen LogP contribution is -2.27. The van der Waals surface area contributed by atoms with Gasteiger partial charge in [0.1, 0.15) is 24.7 Å². The van der Waals surface area contributed by atoms with Crippen LogP contribution in [0.1, 0.15) is 84.7 Å². The molecule has 2 N–H and O–H groups in total. The molecule has 0 aliphatic heterocycles. The van der Waals surface area contributed by atoms with Crippen molar-refractivity contribution in [3.05, 3.63) is 168 Å². The van der Waals surface area contributed by atoms with Crippen molar-refractivity contribution in [2.45, 2.75) is 57.4 Å². The van der Waals surface area contributed by atoms with Gasteiger partial charge in [0.15, 0.2) is 23.1 Å². The molecule has 0 bridgehead atoms. The van der Waals surface area contributed by atoms with Crippen LogP contribution in [-0.4, -0.2) is 87.7 Å². The average molecular weight is 1190 g/mol. The summed E-state index contributed by atoms with van der Waals surface area (Å²) in [5, 5.41) is 27.7. The van der Waals surface area contributed by atoms with E-state index in [-0.39, 0.29) is 58.1 Å². The van der Waals surface area contributed by atoms with E-state index < -0.39 is 57.5 Å². The molecule has 0 spiro atoms. The van der Waals surface area contributed by atoms with Gasteiger partial charge >= 0.3 is 24.1 Å². The van der Waals surface area contributed by atoms with Crippen LogP contribution >= 0.6 is 46.4 Å². The highest BCUT2D eigenvalue weighted by Gasteiger charge is 2.38. The molecule has 19 nitrogen and oxygen atoms in total. The van der Waals surface area contributed by atoms with Crippen molar-refractivity contribution < 1.29 is 64.7 Å². The van der Waals surface area contributed by atoms with Gasteiger partial charge in [-0.15, -0.1) is 0 Å². The van der Waals surface area contributed by atoms with Crippen molar-refractivity contribution in [2.24, 2.45) is 0 Å². The number of aryl methyl sites for hydroxylation is 1. The third-order valence-electron chi connectivity index (χ3n) is 11.5. The number of aromatic carboxylic acids is 2. The molecule has 412 valence electrons. The molecule has 79 heavy (non-hydrogen) atoms. The number of benzene rings is 3. The average Bonchev–Trinajstić information content (AvgIpc) is 4.15. The molecule has 0 unspecified atom stereocenters. The number of Topliss-reactive ketones (excluding diaryl/α,β-unsaturated/α-hetero) is 1. The van der Waals surface area contributed by atoms with Crippen molar-refractivity contribution in [1.29, 1.82) is 0 Å². The summed E-state index contributed by atoms with van der Waals surface area (Å²) >= 11 is 25.4. The first-order valence-electron chi connectivity index (χ1n) is 23.0. The molecule has 5 heterocycles. The van der Waals surface area contributed by atoms with Gasteiger partial charge < -0.3 is 33.6 Å². The van der Waals surface area contributed by atoms with Gasteiger partial charge in [0.2, 0.25) is 5.88 Å². The number of hydrogen-bond donors (Lipinski definition) is 2. The Bertz CT molecular complexity index is 3670. The van der Waals surface area contributed by atoms with Crippen LogP contribution in [0, 0.1) is 6.92 Å². The Morgan fingerprint density at radius 1 is 0.747 bits per heavy atom. The van der Waals surface area contributed by atoms with Crippen LogP contribution in [-0.2, 0) is 35.8 Å². The number of hydrogen-bond acceptors (Lipinski definition) is 16. The van der Waals surface area contributed by atoms with Gasteiger partial charge in [-0.1, -0.05) is 82.7 Å². The number of ketones is 1. The summed E-state index contributed by atoms with van der Waals surface area (Å²) in [7, 11) is 0.929. The second-order valence-corrected chi connectivity index (χ2v) is 21.1. The fraction of sp³-hybridized carbons (Fsp3) is 0.212. The van der Waals surface area contributed by atoms with E-state index in [1.54, 1.807) is 62.3 Å². The summed E-state index contributed by atoms with van der Waals surface area (Å²) in [6.07, 6.45) is -1.90. The number of aromatic nitrogens is 6. The molecule has 0 amide bonds. The number of sulfonamides is 1. The molecule has 0 saturated heterocycles. The molecule has 5 aromatic heterocycles. The minimum absolute atomic E-state index is 0.00466. The molecule has 8 rings (SSSR count). The molecule has 27 heteroatoms. The fourth-order valence-corrected chi connectivity index (χ4v) is 10.0. The lowest BCUT2D eigenvalue weighted by Gasteiger charge is -2.21. The highest BCUT2D eigenvalue weighted by atomic mass is 35.5. The van der Waals surface area contributed by atoms with Gasteiger partial charge in [-0.3, -0.25) is 14.1 Å². The Morgan fingerprint density at radius 3 is 1.92 bits per heavy atom. The number of pyridine rings is 2. The standard InChI is InChI=1S/C27H20Cl2F3N3O5.C25H23Cl2N5O6S/c1-13(2)24-17(23(35-40-24)22-18(28)4-3-5-19(22)29)12-39-21-7-6-16(25(34-21)27(30,31)32)20(36)9-14-8-15(26(37)38)11-33-10-14;1-14-20(32(4)39(35,36)16-10-8-15(9-11-16)24(33)34)12-28-25(29-14)37-13-17-22(38-30-23(17)31(2)3)21-18(26)6-5-7-19(21)27/h3-8,10-11,13H,9,12H2,1-2H3,(H,37,38);5-12H,13H2,1-4H3,(H,33,34). The molecule has 0 aliphatic rings. The van der Waals surface area contributed by atoms with Crippen LogP contribution in [0.25, 0.3) is 22.6 Å². The van der Waals surface area contributed by atoms with E-state index in [9.17, 15) is 36.0 Å². The predicted octanol–water partition coefficient (Wildman–Crippen LogP) is 12.2. The number of ether oxygens (including phenoxy) is 2. The monoisotopic (exact) mass is 1180 g/mol. The minimum atomic E-state index is -4.98. The van der Waals surface area contributed by atoms with Gasteiger partial charge in [0, 0.05) is 63.1 Å². The van der Waals surface area contributed by atoms with Crippen molar-refractivity contribution in [2.75, 3.05) is 30.3 Å². The minimum Gasteiger partial charge on any atom is -0.478 e. The number of carbonyl (C=O) groups is 3. The molecule has 0 saturated carbocycles. The number of anilines is 2. The highest BCUT2D eigenvalue weighted by molar-refractivity contribution is 7.92. The zero-order valence-electron chi connectivity index (χ0n) is 42.1. The van der Waals surface area contributed by atoms with E-state index in [4.69, 9.17) is 75.1 Å². The fourth-order valence-electron chi connectivity index (χ4n) is 7.63. The van der Waals surface area contributed by atoms with Crippen LogP contribution in [0.4, 0.5) is 24.7 Å². The summed E-state index contributed by atoms with van der Waals surface area (Å²) in [5.41, 5.74) is 0.430. The number of rotatable bonds is 18. The van der Waals surface area contributed by atoms with E-state index in [0.29, 0.717) is 65.4 Å².